The fraction of sp³-hybridized carbons (Fsp3) is 0.385. The number of para-hydroxylation sites is 1. The van der Waals surface area contributed by atoms with Gasteiger partial charge in [-0.15, -0.1) is 0 Å². The predicted octanol–water partition coefficient (Wildman–Crippen LogP) is -0.0965. The summed E-state index contributed by atoms with van der Waals surface area (Å²) < 4.78 is 5.19. The Bertz CT molecular complexity index is 516. The number of anilines is 1. The predicted molar refractivity (Wildman–Crippen MR) is 70.4 cm³/mol. The monoisotopic (exact) mass is 263 g/mol. The van der Waals surface area contributed by atoms with Crippen LogP contribution in [0.1, 0.15) is 15.9 Å². The van der Waals surface area contributed by atoms with Gasteiger partial charge in [-0.1, -0.05) is 12.1 Å². The number of carbonyl (C=O) groups excluding carboxylic acids is 2. The van der Waals surface area contributed by atoms with Gasteiger partial charge in [0.2, 0.25) is 5.91 Å². The zero-order chi connectivity index (χ0) is 14.0. The van der Waals surface area contributed by atoms with E-state index in [-0.39, 0.29) is 12.5 Å². The highest BCUT2D eigenvalue weighted by Crippen LogP contribution is 2.20. The first-order valence-corrected chi connectivity index (χ1v) is 6.05. The molecule has 0 aromatic heterocycles. The molecule has 19 heavy (non-hydrogen) atoms. The molecule has 6 nitrogen and oxygen atoms in total. The summed E-state index contributed by atoms with van der Waals surface area (Å²) in [4.78, 5) is 25.3. The number of nitrogens with two attached hydrogens (primary N) is 2. The number of carbonyl (C=O) groups is 2. The van der Waals surface area contributed by atoms with E-state index in [1.165, 1.54) is 4.90 Å². The number of nitrogens with zero attached hydrogens (tertiary/aromatic N) is 1. The number of morpholine rings is 1. The molecule has 1 saturated heterocycles. The number of aryl methyl sites for hydroxylation is 1. The number of nitrogen functional groups attached to an aromatic ring is 1. The second-order valence-corrected chi connectivity index (χ2v) is 4.53. The Morgan fingerprint density at radius 3 is 2.84 bits per heavy atom. The van der Waals surface area contributed by atoms with Crippen LogP contribution in [0.15, 0.2) is 18.2 Å². The van der Waals surface area contributed by atoms with E-state index in [4.69, 9.17) is 16.2 Å². The van der Waals surface area contributed by atoms with Crippen LogP contribution in [0, 0.1) is 6.92 Å². The third-order valence-electron chi connectivity index (χ3n) is 3.27. The summed E-state index contributed by atoms with van der Waals surface area (Å²) in [5.74, 6) is -0.854. The highest BCUT2D eigenvalue weighted by Gasteiger charge is 2.32. The highest BCUT2D eigenvalue weighted by atomic mass is 16.5. The van der Waals surface area contributed by atoms with E-state index in [2.05, 4.69) is 0 Å². The van der Waals surface area contributed by atoms with Crippen molar-refractivity contribution in [2.75, 3.05) is 25.5 Å². The maximum Gasteiger partial charge on any atom is 0.256 e. The van der Waals surface area contributed by atoms with Crippen molar-refractivity contribution in [1.29, 1.82) is 0 Å². The summed E-state index contributed by atoms with van der Waals surface area (Å²) in [5, 5.41) is 0. The number of hydrogen-bond acceptors (Lipinski definition) is 4. The van der Waals surface area contributed by atoms with Crippen LogP contribution in [0.2, 0.25) is 0 Å². The minimum Gasteiger partial charge on any atom is -0.398 e. The minimum absolute atomic E-state index is 0.132. The van der Waals surface area contributed by atoms with Crippen molar-refractivity contribution in [3.05, 3.63) is 29.3 Å². The summed E-state index contributed by atoms with van der Waals surface area (Å²) in [7, 11) is 0. The fourth-order valence-electron chi connectivity index (χ4n) is 2.10. The smallest absolute Gasteiger partial charge is 0.256 e. The number of primary amides is 1. The van der Waals surface area contributed by atoms with Gasteiger partial charge in [-0.2, -0.15) is 0 Å². The van der Waals surface area contributed by atoms with Crippen molar-refractivity contribution in [3.8, 4) is 0 Å². The van der Waals surface area contributed by atoms with Crippen LogP contribution in [0.25, 0.3) is 0 Å². The van der Waals surface area contributed by atoms with Crippen molar-refractivity contribution in [1.82, 2.24) is 4.90 Å². The zero-order valence-corrected chi connectivity index (χ0v) is 10.8. The molecule has 1 aromatic carbocycles. The van der Waals surface area contributed by atoms with E-state index in [0.29, 0.717) is 24.4 Å². The Morgan fingerprint density at radius 1 is 1.42 bits per heavy atom. The molecule has 2 amide bonds. The van der Waals surface area contributed by atoms with E-state index in [9.17, 15) is 9.59 Å². The molecule has 1 aromatic rings. The van der Waals surface area contributed by atoms with Gasteiger partial charge in [0, 0.05) is 12.2 Å². The van der Waals surface area contributed by atoms with Crippen molar-refractivity contribution in [2.45, 2.75) is 13.0 Å². The Balaban J connectivity index is 2.31. The van der Waals surface area contributed by atoms with Crippen LogP contribution in [0.3, 0.4) is 0 Å². The van der Waals surface area contributed by atoms with E-state index < -0.39 is 11.9 Å². The Hall–Kier alpha value is -2.08. The summed E-state index contributed by atoms with van der Waals surface area (Å²) in [6, 6.07) is 4.51. The van der Waals surface area contributed by atoms with E-state index >= 15 is 0 Å². The van der Waals surface area contributed by atoms with Gasteiger partial charge in [-0.05, 0) is 18.6 Å². The lowest BCUT2D eigenvalue weighted by molar-refractivity contribution is -0.127. The molecule has 102 valence electrons. The summed E-state index contributed by atoms with van der Waals surface area (Å²) in [5.41, 5.74) is 12.9. The second kappa shape index (κ2) is 5.27. The molecule has 0 spiro atoms. The lowest BCUT2D eigenvalue weighted by atomic mass is 10.1. The first-order valence-electron chi connectivity index (χ1n) is 6.05. The van der Waals surface area contributed by atoms with Crippen LogP contribution in [-0.2, 0) is 9.53 Å². The van der Waals surface area contributed by atoms with Gasteiger partial charge in [-0.25, -0.2) is 0 Å². The first-order chi connectivity index (χ1) is 9.02. The lowest BCUT2D eigenvalue weighted by Crippen LogP contribution is -2.54. The van der Waals surface area contributed by atoms with Crippen molar-refractivity contribution < 1.29 is 14.3 Å². The van der Waals surface area contributed by atoms with Gasteiger partial charge in [0.1, 0.15) is 6.04 Å². The quantitative estimate of drug-likeness (QED) is 0.728. The number of amides is 2. The lowest BCUT2D eigenvalue weighted by Gasteiger charge is -2.33. The van der Waals surface area contributed by atoms with Gasteiger partial charge < -0.3 is 21.1 Å². The summed E-state index contributed by atoms with van der Waals surface area (Å²) in [6.07, 6.45) is 0. The molecule has 1 atom stereocenters. The highest BCUT2D eigenvalue weighted by molar-refractivity contribution is 6.01. The van der Waals surface area contributed by atoms with Gasteiger partial charge in [0.05, 0.1) is 18.8 Å². The molecule has 1 aliphatic heterocycles. The van der Waals surface area contributed by atoms with Crippen LogP contribution in [0.5, 0.6) is 0 Å². The summed E-state index contributed by atoms with van der Waals surface area (Å²) >= 11 is 0. The van der Waals surface area contributed by atoms with E-state index in [0.717, 1.165) is 5.56 Å². The second-order valence-electron chi connectivity index (χ2n) is 4.53. The van der Waals surface area contributed by atoms with Gasteiger partial charge in [-0.3, -0.25) is 9.59 Å². The average Bonchev–Trinajstić information content (AvgIpc) is 2.41. The van der Waals surface area contributed by atoms with E-state index in [1.54, 1.807) is 12.1 Å². The van der Waals surface area contributed by atoms with Gasteiger partial charge >= 0.3 is 0 Å². The minimum atomic E-state index is -0.735. The largest absolute Gasteiger partial charge is 0.398 e. The van der Waals surface area contributed by atoms with Crippen molar-refractivity contribution in [2.24, 2.45) is 5.73 Å². The number of ether oxygens (including phenoxy) is 1. The van der Waals surface area contributed by atoms with Crippen LogP contribution in [-0.4, -0.2) is 42.5 Å². The molecule has 0 bridgehead atoms. The molecule has 1 unspecified atom stereocenters. The third kappa shape index (κ3) is 2.53. The molecule has 0 saturated carbocycles. The number of rotatable bonds is 2. The molecule has 0 radical (unpaired) electrons. The fourth-order valence-corrected chi connectivity index (χ4v) is 2.10. The van der Waals surface area contributed by atoms with Crippen LogP contribution < -0.4 is 11.5 Å². The van der Waals surface area contributed by atoms with Crippen molar-refractivity contribution in [3.63, 3.8) is 0 Å². The maximum absolute atomic E-state index is 12.5. The molecular weight excluding hydrogens is 246 g/mol. The van der Waals surface area contributed by atoms with Crippen LogP contribution in [0.4, 0.5) is 5.69 Å². The third-order valence-corrected chi connectivity index (χ3v) is 3.27. The normalized spacial score (nSPS) is 19.2. The van der Waals surface area contributed by atoms with Gasteiger partial charge in [0.25, 0.3) is 5.91 Å². The molecule has 1 aliphatic rings. The molecular formula is C13H17N3O3. The molecule has 0 aliphatic carbocycles. The van der Waals surface area contributed by atoms with Gasteiger partial charge in [0.15, 0.2) is 0 Å². The van der Waals surface area contributed by atoms with Crippen LogP contribution >= 0.6 is 0 Å². The molecule has 1 fully saturated rings. The summed E-state index contributed by atoms with van der Waals surface area (Å²) in [6.45, 7) is 2.69. The zero-order valence-electron chi connectivity index (χ0n) is 10.8. The first kappa shape index (κ1) is 13.4. The Labute approximate surface area is 111 Å². The number of benzene rings is 1. The molecule has 1 heterocycles. The molecule has 6 heteroatoms. The van der Waals surface area contributed by atoms with E-state index in [1.807, 2.05) is 13.0 Å². The SMILES string of the molecule is Cc1cccc(C(=O)N2CCOCC2C(N)=O)c1N. The number of hydrogen-bond donors (Lipinski definition) is 2. The molecule has 4 N–H and O–H groups in total. The molecule has 2 rings (SSSR count). The maximum atomic E-state index is 12.5. The Morgan fingerprint density at radius 2 is 2.16 bits per heavy atom. The Kier molecular flexibility index (Phi) is 3.71. The standard InChI is InChI=1S/C13H17N3O3/c1-8-3-2-4-9(11(8)14)13(18)16-5-6-19-7-10(16)12(15)17/h2-4,10H,5-7,14H2,1H3,(H2,15,17). The average molecular weight is 263 g/mol. The van der Waals surface area contributed by atoms with Crippen molar-refractivity contribution >= 4 is 17.5 Å². The topological polar surface area (TPSA) is 98.6 Å².